The Balaban J connectivity index is 0.00000106. The average molecular weight is 297 g/mol. The molecule has 0 amide bonds. The van der Waals surface area contributed by atoms with Crippen LogP contribution in [0.5, 0.6) is 0 Å². The molecule has 2 heterocycles. The molecule has 2 rings (SSSR count). The number of aromatic nitrogens is 2. The number of H-pyrrole nitrogens is 1. The molecule has 0 aromatic carbocycles. The van der Waals surface area contributed by atoms with E-state index in [0.717, 1.165) is 37.3 Å². The summed E-state index contributed by atoms with van der Waals surface area (Å²) in [5, 5.41) is 3.09. The zero-order valence-electron chi connectivity index (χ0n) is 13.5. The van der Waals surface area contributed by atoms with Crippen molar-refractivity contribution < 1.29 is 0 Å². The third-order valence-corrected chi connectivity index (χ3v) is 3.48. The van der Waals surface area contributed by atoms with Crippen molar-refractivity contribution in [3.05, 3.63) is 26.9 Å². The molecule has 7 heteroatoms. The smallest absolute Gasteiger partial charge is 0.329 e. The molecular weight excluding hydrogens is 270 g/mol. The van der Waals surface area contributed by atoms with Gasteiger partial charge in [0.1, 0.15) is 5.82 Å². The first kappa shape index (κ1) is 17.5. The summed E-state index contributed by atoms with van der Waals surface area (Å²) in [6.45, 7) is 9.92. The molecule has 1 aliphatic heterocycles. The predicted molar refractivity (Wildman–Crippen MR) is 86.1 cm³/mol. The zero-order chi connectivity index (χ0) is 15.8. The van der Waals surface area contributed by atoms with Gasteiger partial charge in [-0.2, -0.15) is 0 Å². The van der Waals surface area contributed by atoms with Gasteiger partial charge in [0, 0.05) is 52.4 Å². The van der Waals surface area contributed by atoms with Crippen LogP contribution in [0.25, 0.3) is 0 Å². The van der Waals surface area contributed by atoms with Crippen LogP contribution in [0.4, 0.5) is 5.82 Å². The third kappa shape index (κ3) is 5.35. The Hall–Kier alpha value is -1.60. The molecule has 1 saturated heterocycles. The first-order chi connectivity index (χ1) is 10.1. The second kappa shape index (κ2) is 8.63. The molecule has 7 nitrogen and oxygen atoms in total. The molecule has 1 aromatic rings. The molecule has 0 bridgehead atoms. The number of likely N-dealkylation sites (N-methyl/N-ethyl adjacent to an activating group) is 1. The minimum Gasteiger partial charge on any atom is -0.370 e. The molecule has 0 spiro atoms. The maximum absolute atomic E-state index is 11.4. The van der Waals surface area contributed by atoms with Crippen LogP contribution in [0.2, 0.25) is 0 Å². The average Bonchev–Trinajstić information content (AvgIpc) is 2.49. The Bertz CT molecular complexity index is 498. The first-order valence-corrected chi connectivity index (χ1v) is 7.51. The minimum atomic E-state index is -0.394. The lowest BCUT2D eigenvalue weighted by Gasteiger charge is -2.32. The maximum Gasteiger partial charge on any atom is 0.329 e. The summed E-state index contributed by atoms with van der Waals surface area (Å²) in [6, 6.07) is 1.41. The summed E-state index contributed by atoms with van der Waals surface area (Å²) >= 11 is 0. The zero-order valence-corrected chi connectivity index (χ0v) is 13.5. The molecule has 2 N–H and O–H groups in total. The number of aromatic amines is 1. The van der Waals surface area contributed by atoms with Crippen molar-refractivity contribution >= 4 is 5.82 Å². The highest BCUT2D eigenvalue weighted by atomic mass is 16.2. The summed E-state index contributed by atoms with van der Waals surface area (Å²) < 4.78 is 1.05. The predicted octanol–water partition coefficient (Wildman–Crippen LogP) is -0.241. The van der Waals surface area contributed by atoms with Gasteiger partial charge >= 0.3 is 5.69 Å². The lowest BCUT2D eigenvalue weighted by molar-refractivity contribution is 0.158. The van der Waals surface area contributed by atoms with E-state index in [4.69, 9.17) is 0 Å². The number of piperazine rings is 1. The van der Waals surface area contributed by atoms with Crippen molar-refractivity contribution in [2.75, 3.05) is 51.6 Å². The Morgan fingerprint density at radius 2 is 1.76 bits per heavy atom. The van der Waals surface area contributed by atoms with Gasteiger partial charge in [0.2, 0.25) is 0 Å². The van der Waals surface area contributed by atoms with Crippen molar-refractivity contribution in [2.45, 2.75) is 13.8 Å². The van der Waals surface area contributed by atoms with E-state index in [9.17, 15) is 9.59 Å². The quantitative estimate of drug-likeness (QED) is 0.802. The topological polar surface area (TPSA) is 73.4 Å². The van der Waals surface area contributed by atoms with Crippen LogP contribution in [0.1, 0.15) is 13.8 Å². The van der Waals surface area contributed by atoms with Crippen molar-refractivity contribution in [1.82, 2.24) is 19.4 Å². The van der Waals surface area contributed by atoms with Crippen LogP contribution in [0, 0.1) is 0 Å². The second-order valence-corrected chi connectivity index (χ2v) is 4.96. The van der Waals surface area contributed by atoms with E-state index >= 15 is 0 Å². The molecule has 0 atom stereocenters. The number of anilines is 1. The SMILES string of the molecule is CC.CN1CCN(CCNc2cc(=O)n(C)c(=O)[nH]2)CC1. The van der Waals surface area contributed by atoms with E-state index < -0.39 is 5.69 Å². The number of hydrogen-bond acceptors (Lipinski definition) is 5. The van der Waals surface area contributed by atoms with Crippen molar-refractivity contribution in [3.8, 4) is 0 Å². The molecule has 120 valence electrons. The fourth-order valence-corrected chi connectivity index (χ4v) is 2.07. The molecule has 0 unspecified atom stereocenters. The first-order valence-electron chi connectivity index (χ1n) is 7.51. The normalized spacial score (nSPS) is 16.2. The fourth-order valence-electron chi connectivity index (χ4n) is 2.07. The van der Waals surface area contributed by atoms with E-state index in [-0.39, 0.29) is 5.56 Å². The van der Waals surface area contributed by atoms with E-state index in [1.165, 1.54) is 13.1 Å². The van der Waals surface area contributed by atoms with E-state index in [2.05, 4.69) is 27.1 Å². The van der Waals surface area contributed by atoms with Gasteiger partial charge in [-0.05, 0) is 7.05 Å². The fraction of sp³-hybridized carbons (Fsp3) is 0.714. The monoisotopic (exact) mass is 297 g/mol. The molecule has 1 aliphatic rings. The van der Waals surface area contributed by atoms with Crippen molar-refractivity contribution in [1.29, 1.82) is 0 Å². The van der Waals surface area contributed by atoms with Crippen LogP contribution in [0.3, 0.4) is 0 Å². The minimum absolute atomic E-state index is 0.300. The summed E-state index contributed by atoms with van der Waals surface area (Å²) in [5.41, 5.74) is -0.694. The summed E-state index contributed by atoms with van der Waals surface area (Å²) in [6.07, 6.45) is 0. The highest BCUT2D eigenvalue weighted by Gasteiger charge is 2.12. The van der Waals surface area contributed by atoms with Gasteiger partial charge in [-0.15, -0.1) is 0 Å². The van der Waals surface area contributed by atoms with Crippen LogP contribution < -0.4 is 16.6 Å². The van der Waals surface area contributed by atoms with E-state index in [0.29, 0.717) is 12.4 Å². The molecule has 1 aromatic heterocycles. The van der Waals surface area contributed by atoms with Crippen LogP contribution in [-0.4, -0.2) is 65.7 Å². The lowest BCUT2D eigenvalue weighted by Crippen LogP contribution is -2.46. The molecule has 0 saturated carbocycles. The number of nitrogens with zero attached hydrogens (tertiary/aromatic N) is 3. The van der Waals surface area contributed by atoms with Crippen LogP contribution in [0.15, 0.2) is 15.7 Å². The van der Waals surface area contributed by atoms with Gasteiger partial charge in [-0.1, -0.05) is 13.8 Å². The Kier molecular flexibility index (Phi) is 7.18. The van der Waals surface area contributed by atoms with Gasteiger partial charge in [0.05, 0.1) is 0 Å². The summed E-state index contributed by atoms with van der Waals surface area (Å²) in [4.78, 5) is 30.2. The summed E-state index contributed by atoms with van der Waals surface area (Å²) in [7, 11) is 3.58. The maximum atomic E-state index is 11.4. The third-order valence-electron chi connectivity index (χ3n) is 3.48. The standard InChI is InChI=1S/C12H21N5O2.C2H6/c1-15-5-7-17(8-6-15)4-3-13-10-9-11(18)16(2)12(19)14-10;1-2/h9,13H,3-8H2,1-2H3,(H,14,19);1-2H3. The van der Waals surface area contributed by atoms with Crippen molar-refractivity contribution in [3.63, 3.8) is 0 Å². The number of nitrogens with one attached hydrogen (secondary N) is 2. The van der Waals surface area contributed by atoms with Crippen molar-refractivity contribution in [2.24, 2.45) is 7.05 Å². The highest BCUT2D eigenvalue weighted by Crippen LogP contribution is 1.99. The lowest BCUT2D eigenvalue weighted by atomic mass is 10.3. The van der Waals surface area contributed by atoms with Gasteiger partial charge < -0.3 is 10.2 Å². The van der Waals surface area contributed by atoms with Gasteiger partial charge in [0.15, 0.2) is 0 Å². The van der Waals surface area contributed by atoms with Gasteiger partial charge in [-0.25, -0.2) is 4.79 Å². The van der Waals surface area contributed by atoms with E-state index in [1.54, 1.807) is 0 Å². The Morgan fingerprint density at radius 3 is 2.33 bits per heavy atom. The molecule has 0 aliphatic carbocycles. The number of hydrogen-bond donors (Lipinski definition) is 2. The van der Waals surface area contributed by atoms with Crippen LogP contribution in [-0.2, 0) is 7.05 Å². The van der Waals surface area contributed by atoms with Gasteiger partial charge in [0.25, 0.3) is 5.56 Å². The molecule has 1 fully saturated rings. The second-order valence-electron chi connectivity index (χ2n) is 4.96. The van der Waals surface area contributed by atoms with Crippen LogP contribution >= 0.6 is 0 Å². The Morgan fingerprint density at radius 1 is 1.14 bits per heavy atom. The Labute approximate surface area is 125 Å². The molecular formula is C14H27N5O2. The molecule has 0 radical (unpaired) electrons. The number of rotatable bonds is 4. The van der Waals surface area contributed by atoms with Gasteiger partial charge in [-0.3, -0.25) is 19.2 Å². The summed E-state index contributed by atoms with van der Waals surface area (Å²) in [5.74, 6) is 0.488. The largest absolute Gasteiger partial charge is 0.370 e. The highest BCUT2D eigenvalue weighted by molar-refractivity contribution is 5.31. The van der Waals surface area contributed by atoms with E-state index in [1.807, 2.05) is 13.8 Å². The molecule has 21 heavy (non-hydrogen) atoms.